The van der Waals surface area contributed by atoms with Crippen LogP contribution in [0, 0.1) is 0 Å². The van der Waals surface area contributed by atoms with Gasteiger partial charge in [-0.3, -0.25) is 4.79 Å². The first-order valence-corrected chi connectivity index (χ1v) is 10.5. The molecule has 1 aromatic carbocycles. The van der Waals surface area contributed by atoms with Crippen molar-refractivity contribution >= 4 is 37.5 Å². The number of nitrogens with one attached hydrogen (secondary N) is 2. The molecule has 1 amide bonds. The highest BCUT2D eigenvalue weighted by atomic mass is 32.2. The Kier molecular flexibility index (Phi) is 3.71. The van der Waals surface area contributed by atoms with E-state index in [1.165, 1.54) is 6.26 Å². The third-order valence-electron chi connectivity index (χ3n) is 4.53. The van der Waals surface area contributed by atoms with Crippen LogP contribution in [0.15, 0.2) is 36.4 Å². The Labute approximate surface area is 149 Å². The van der Waals surface area contributed by atoms with Gasteiger partial charge in [-0.2, -0.15) is 0 Å². The molecule has 25 heavy (non-hydrogen) atoms. The molecule has 0 saturated heterocycles. The number of carbonyl (C=O) groups excluding carboxylic acids is 1. The second kappa shape index (κ2) is 5.69. The molecule has 0 bridgehead atoms. The first-order valence-electron chi connectivity index (χ1n) is 7.79. The average Bonchev–Trinajstić information content (AvgIpc) is 3.17. The number of primary amides is 1. The molecule has 0 radical (unpaired) electrons. The minimum atomic E-state index is -3.34. The van der Waals surface area contributed by atoms with Crippen LogP contribution >= 0.6 is 11.3 Å². The van der Waals surface area contributed by atoms with Gasteiger partial charge in [0, 0.05) is 10.8 Å². The highest BCUT2D eigenvalue weighted by Gasteiger charge is 2.36. The van der Waals surface area contributed by atoms with Crippen LogP contribution in [0.25, 0.3) is 10.2 Å². The molecule has 4 rings (SSSR count). The number of benzene rings is 1. The summed E-state index contributed by atoms with van der Waals surface area (Å²) < 4.78 is 27.4. The van der Waals surface area contributed by atoms with Crippen LogP contribution in [-0.4, -0.2) is 25.6 Å². The van der Waals surface area contributed by atoms with Crippen molar-refractivity contribution in [1.29, 1.82) is 0 Å². The van der Waals surface area contributed by atoms with E-state index < -0.39 is 15.9 Å². The van der Waals surface area contributed by atoms with Crippen molar-refractivity contribution in [1.82, 2.24) is 9.71 Å². The Balaban J connectivity index is 1.75. The Bertz CT molecular complexity index is 1050. The maximum absolute atomic E-state index is 11.9. The molecular formula is C17H17N3O3S2. The number of carbonyl (C=O) groups is 1. The summed E-state index contributed by atoms with van der Waals surface area (Å²) in [5, 5.41) is 0. The number of hydrogen-bond donors (Lipinski definition) is 3. The smallest absolute Gasteiger partial charge is 0.265 e. The van der Waals surface area contributed by atoms with Gasteiger partial charge in [0.1, 0.15) is 5.69 Å². The zero-order valence-corrected chi connectivity index (χ0v) is 15.1. The fourth-order valence-electron chi connectivity index (χ4n) is 3.49. The van der Waals surface area contributed by atoms with Gasteiger partial charge in [0.05, 0.1) is 22.5 Å². The van der Waals surface area contributed by atoms with E-state index in [2.05, 4.69) is 9.71 Å². The number of hydrogen-bond acceptors (Lipinski definition) is 4. The molecule has 2 aromatic heterocycles. The average molecular weight is 375 g/mol. The van der Waals surface area contributed by atoms with Gasteiger partial charge in [-0.25, -0.2) is 13.1 Å². The van der Waals surface area contributed by atoms with Gasteiger partial charge in [-0.15, -0.1) is 11.3 Å². The predicted octanol–water partition coefficient (Wildman–Crippen LogP) is 2.26. The van der Waals surface area contributed by atoms with Gasteiger partial charge in [-0.05, 0) is 29.7 Å². The van der Waals surface area contributed by atoms with E-state index in [0.29, 0.717) is 5.69 Å². The molecule has 0 saturated carbocycles. The minimum absolute atomic E-state index is 0.0231. The van der Waals surface area contributed by atoms with Crippen LogP contribution in [0.2, 0.25) is 0 Å². The lowest BCUT2D eigenvalue weighted by molar-refractivity contribution is 0.0996. The molecule has 4 N–H and O–H groups in total. The van der Waals surface area contributed by atoms with Crippen LogP contribution in [0.3, 0.4) is 0 Å². The standard InChI is InChI=1S/C17H17N3O3S2/c1-25(22,23)20-16-10-5-3-2-4-9(10)6-11(16)14-7-12-15(24-14)8-13(19-12)17(18)21/h2-5,7-8,11,16,19-20H,6H2,1H3,(H2,18,21)/t11-,16-/m0/s1. The lowest BCUT2D eigenvalue weighted by Gasteiger charge is -2.20. The van der Waals surface area contributed by atoms with Crippen molar-refractivity contribution in [2.75, 3.05) is 6.26 Å². The normalized spacial score (nSPS) is 20.0. The van der Waals surface area contributed by atoms with E-state index in [1.807, 2.05) is 30.3 Å². The van der Waals surface area contributed by atoms with Crippen molar-refractivity contribution in [3.8, 4) is 0 Å². The highest BCUT2D eigenvalue weighted by Crippen LogP contribution is 2.46. The fourth-order valence-corrected chi connectivity index (χ4v) is 5.44. The SMILES string of the molecule is CS(=O)(=O)N[C@H]1c2ccccc2C[C@H]1c1cc2[nH]c(C(N)=O)cc2s1. The number of fused-ring (bicyclic) bond motifs is 2. The summed E-state index contributed by atoms with van der Waals surface area (Å²) >= 11 is 1.56. The third-order valence-corrected chi connectivity index (χ3v) is 6.43. The van der Waals surface area contributed by atoms with Crippen molar-refractivity contribution in [2.24, 2.45) is 5.73 Å². The minimum Gasteiger partial charge on any atom is -0.364 e. The van der Waals surface area contributed by atoms with E-state index in [1.54, 1.807) is 17.4 Å². The van der Waals surface area contributed by atoms with Crippen molar-refractivity contribution in [2.45, 2.75) is 18.4 Å². The van der Waals surface area contributed by atoms with Crippen molar-refractivity contribution in [3.63, 3.8) is 0 Å². The van der Waals surface area contributed by atoms with Gasteiger partial charge in [0.2, 0.25) is 10.0 Å². The lowest BCUT2D eigenvalue weighted by Crippen LogP contribution is -2.29. The summed E-state index contributed by atoms with van der Waals surface area (Å²) in [6, 6.07) is 11.4. The largest absolute Gasteiger partial charge is 0.364 e. The molecule has 1 aliphatic rings. The van der Waals surface area contributed by atoms with Crippen molar-refractivity contribution < 1.29 is 13.2 Å². The molecule has 3 aromatic rings. The second-order valence-electron chi connectivity index (χ2n) is 6.35. The molecule has 0 spiro atoms. The third kappa shape index (κ3) is 2.97. The van der Waals surface area contributed by atoms with Crippen LogP contribution in [0.4, 0.5) is 0 Å². The Morgan fingerprint density at radius 3 is 2.76 bits per heavy atom. The number of nitrogens with two attached hydrogens (primary N) is 1. The van der Waals surface area contributed by atoms with Crippen molar-refractivity contribution in [3.05, 3.63) is 58.1 Å². The zero-order chi connectivity index (χ0) is 17.8. The van der Waals surface area contributed by atoms with E-state index in [0.717, 1.165) is 32.6 Å². The number of aromatic nitrogens is 1. The number of amides is 1. The first kappa shape index (κ1) is 16.3. The maximum Gasteiger partial charge on any atom is 0.265 e. The summed E-state index contributed by atoms with van der Waals surface area (Å²) in [5.41, 5.74) is 8.71. The summed E-state index contributed by atoms with van der Waals surface area (Å²) in [4.78, 5) is 15.4. The van der Waals surface area contributed by atoms with Crippen LogP contribution in [0.5, 0.6) is 0 Å². The maximum atomic E-state index is 11.9. The van der Waals surface area contributed by atoms with E-state index >= 15 is 0 Å². The molecule has 2 heterocycles. The van der Waals surface area contributed by atoms with Gasteiger partial charge in [-0.1, -0.05) is 24.3 Å². The highest BCUT2D eigenvalue weighted by molar-refractivity contribution is 7.88. The summed E-state index contributed by atoms with van der Waals surface area (Å²) in [7, 11) is -3.34. The molecule has 8 heteroatoms. The lowest BCUT2D eigenvalue weighted by atomic mass is 10.00. The van der Waals surface area contributed by atoms with E-state index in [-0.39, 0.29) is 12.0 Å². The number of H-pyrrole nitrogens is 1. The number of thiophene rings is 1. The van der Waals surface area contributed by atoms with Gasteiger partial charge in [0.15, 0.2) is 0 Å². The molecule has 0 unspecified atom stereocenters. The van der Waals surface area contributed by atoms with E-state index in [4.69, 9.17) is 5.73 Å². The first-order chi connectivity index (χ1) is 11.8. The summed E-state index contributed by atoms with van der Waals surface area (Å²) in [5.74, 6) is -0.468. The monoisotopic (exact) mass is 375 g/mol. The Hall–Kier alpha value is -2.16. The fraction of sp³-hybridized carbons (Fsp3) is 0.235. The molecule has 0 aliphatic heterocycles. The quantitative estimate of drug-likeness (QED) is 0.651. The molecule has 1 aliphatic carbocycles. The molecular weight excluding hydrogens is 358 g/mol. The number of rotatable bonds is 4. The Morgan fingerprint density at radius 1 is 1.32 bits per heavy atom. The molecule has 6 nitrogen and oxygen atoms in total. The van der Waals surface area contributed by atoms with Crippen LogP contribution < -0.4 is 10.5 Å². The van der Waals surface area contributed by atoms with Crippen LogP contribution in [0.1, 0.15) is 38.5 Å². The van der Waals surface area contributed by atoms with E-state index in [9.17, 15) is 13.2 Å². The number of aromatic amines is 1. The second-order valence-corrected chi connectivity index (χ2v) is 9.25. The van der Waals surface area contributed by atoms with Crippen LogP contribution in [-0.2, 0) is 16.4 Å². The number of sulfonamides is 1. The Morgan fingerprint density at radius 2 is 2.08 bits per heavy atom. The topological polar surface area (TPSA) is 105 Å². The van der Waals surface area contributed by atoms with Gasteiger partial charge >= 0.3 is 0 Å². The zero-order valence-electron chi connectivity index (χ0n) is 13.4. The molecule has 130 valence electrons. The molecule has 0 fully saturated rings. The molecule has 2 atom stereocenters. The summed E-state index contributed by atoms with van der Waals surface area (Å²) in [6.07, 6.45) is 1.96. The predicted molar refractivity (Wildman–Crippen MR) is 98.3 cm³/mol. The van der Waals surface area contributed by atoms with Gasteiger partial charge in [0.25, 0.3) is 5.91 Å². The van der Waals surface area contributed by atoms with Gasteiger partial charge < -0.3 is 10.7 Å². The summed E-state index contributed by atoms with van der Waals surface area (Å²) in [6.45, 7) is 0.